The zero-order valence-electron chi connectivity index (χ0n) is 68.6. The highest BCUT2D eigenvalue weighted by atomic mass is 19.4. The van der Waals surface area contributed by atoms with Gasteiger partial charge in [0.25, 0.3) is 0 Å². The molecule has 124 heavy (non-hydrogen) atoms. The molecule has 0 saturated carbocycles. The number of halogens is 3. The number of aromatic nitrogens is 2. The maximum Gasteiger partial charge on any atom is 0.416 e. The van der Waals surface area contributed by atoms with E-state index in [1.807, 2.05) is 29.2 Å². The normalized spacial score (nSPS) is 11.8. The quantitative estimate of drug-likeness (QED) is 0.101. The standard InChI is InChI=1S/C60H46N2.C57H37F3N2/c1-60(2,3)54-27-15-17-29-57(54)61(46-35-30-41(31-36-46)44-34-39-56-53(40-44)48-22-14-16-28-55(48)62(56)45-20-8-5-9-21-45)47-37-32-43(33-38-47)59-51-25-12-10-23-49(51)58(42-18-6-4-7-19-42)50-24-11-13-26-52(50)59;58-57(59,60)42-28-34-46(35-29-42)61(44-30-23-38(24-31-44)41-27-36-54-52(37-41)47-17-11-12-22-53(47)62(54)43-15-5-2-6-16-43)45-32-25-40(26-33-45)56-50-20-9-7-18-48(50)55(39-13-3-1-4-14-39)49-19-8-10-21-51(49)56/h4-40H,1-3H3;1-37H. The summed E-state index contributed by atoms with van der Waals surface area (Å²) in [6.07, 6.45) is -4.44. The monoisotopic (exact) mass is 1600 g/mol. The summed E-state index contributed by atoms with van der Waals surface area (Å²) in [4.78, 5) is 4.44. The van der Waals surface area contributed by atoms with E-state index in [2.05, 4.69) is 435 Å². The average molecular weight is 1600 g/mol. The van der Waals surface area contributed by atoms with Gasteiger partial charge < -0.3 is 18.9 Å². The highest BCUT2D eigenvalue weighted by molar-refractivity contribution is 6.23. The van der Waals surface area contributed by atoms with Crippen LogP contribution in [0.2, 0.25) is 0 Å². The molecule has 22 rings (SSSR count). The number of benzene rings is 20. The van der Waals surface area contributed by atoms with Crippen molar-refractivity contribution in [3.63, 3.8) is 0 Å². The van der Waals surface area contributed by atoms with Crippen molar-refractivity contribution < 1.29 is 13.2 Å². The van der Waals surface area contributed by atoms with E-state index in [9.17, 15) is 13.2 Å². The van der Waals surface area contributed by atoms with E-state index in [4.69, 9.17) is 0 Å². The van der Waals surface area contributed by atoms with Crippen molar-refractivity contribution in [1.29, 1.82) is 0 Å². The molecule has 4 nitrogen and oxygen atoms in total. The Hall–Kier alpha value is -15.6. The summed E-state index contributed by atoms with van der Waals surface area (Å²) in [7, 11) is 0. The second-order valence-electron chi connectivity index (χ2n) is 32.9. The first-order valence-corrected chi connectivity index (χ1v) is 42.3. The average Bonchev–Trinajstić information content (AvgIpc) is 1.14. The van der Waals surface area contributed by atoms with Gasteiger partial charge in [0.2, 0.25) is 0 Å². The van der Waals surface area contributed by atoms with Gasteiger partial charge >= 0.3 is 6.18 Å². The van der Waals surface area contributed by atoms with E-state index in [1.54, 1.807) is 12.1 Å². The fourth-order valence-electron chi connectivity index (χ4n) is 18.9. The van der Waals surface area contributed by atoms with Crippen molar-refractivity contribution >= 4 is 121 Å². The molecular weight excluding hydrogens is 1520 g/mol. The summed E-state index contributed by atoms with van der Waals surface area (Å²) >= 11 is 0. The highest BCUT2D eigenvalue weighted by Crippen LogP contribution is 2.50. The number of alkyl halides is 3. The Labute approximate surface area is 718 Å². The number of nitrogens with zero attached hydrogens (tertiary/aromatic N) is 4. The van der Waals surface area contributed by atoms with Crippen molar-refractivity contribution in [2.24, 2.45) is 0 Å². The first kappa shape index (κ1) is 75.9. The molecular formula is C117H83F3N4. The number of hydrogen-bond donors (Lipinski definition) is 0. The summed E-state index contributed by atoms with van der Waals surface area (Å²) in [6, 6.07) is 157. The van der Waals surface area contributed by atoms with E-state index in [0.29, 0.717) is 5.69 Å². The van der Waals surface area contributed by atoms with Gasteiger partial charge in [-0.3, -0.25) is 0 Å². The molecule has 0 bridgehead atoms. The van der Waals surface area contributed by atoms with Gasteiger partial charge in [-0.15, -0.1) is 0 Å². The summed E-state index contributed by atoms with van der Waals surface area (Å²) in [5.41, 5.74) is 27.2. The Morgan fingerprint density at radius 1 is 0.202 bits per heavy atom. The van der Waals surface area contributed by atoms with Gasteiger partial charge in [-0.25, -0.2) is 0 Å². The van der Waals surface area contributed by atoms with Gasteiger partial charge in [0.05, 0.1) is 27.6 Å². The molecule has 7 heteroatoms. The Bertz CT molecular complexity index is 7630. The minimum atomic E-state index is -4.44. The summed E-state index contributed by atoms with van der Waals surface area (Å²) in [5.74, 6) is 0. The first-order valence-electron chi connectivity index (χ1n) is 42.3. The Morgan fingerprint density at radius 3 is 0.782 bits per heavy atom. The molecule has 0 fully saturated rings. The minimum Gasteiger partial charge on any atom is -0.311 e. The zero-order valence-corrected chi connectivity index (χ0v) is 68.6. The van der Waals surface area contributed by atoms with Crippen molar-refractivity contribution in [3.05, 3.63) is 460 Å². The van der Waals surface area contributed by atoms with Crippen LogP contribution in [0.3, 0.4) is 0 Å². The summed E-state index contributed by atoms with van der Waals surface area (Å²) < 4.78 is 46.0. The first-order chi connectivity index (χ1) is 60.8. The molecule has 0 N–H and O–H groups in total. The maximum atomic E-state index is 13.8. The molecule has 2 heterocycles. The maximum absolute atomic E-state index is 13.8. The molecule has 0 aliphatic carbocycles. The molecule has 0 aliphatic heterocycles. The largest absolute Gasteiger partial charge is 0.416 e. The van der Waals surface area contributed by atoms with Gasteiger partial charge in [-0.2, -0.15) is 13.2 Å². The molecule has 0 aliphatic rings. The number of para-hydroxylation sites is 5. The molecule has 0 spiro atoms. The lowest BCUT2D eigenvalue weighted by molar-refractivity contribution is -0.137. The van der Waals surface area contributed by atoms with Gasteiger partial charge in [0.15, 0.2) is 0 Å². The highest BCUT2D eigenvalue weighted by Gasteiger charge is 2.31. The van der Waals surface area contributed by atoms with Crippen LogP contribution in [0.25, 0.3) is 165 Å². The molecule has 0 atom stereocenters. The van der Waals surface area contributed by atoms with Crippen LogP contribution in [-0.4, -0.2) is 9.13 Å². The molecule has 0 radical (unpaired) electrons. The molecule has 0 amide bonds. The lowest BCUT2D eigenvalue weighted by atomic mass is 9.85. The lowest BCUT2D eigenvalue weighted by Crippen LogP contribution is -2.19. The summed E-state index contributed by atoms with van der Waals surface area (Å²) in [5, 5.41) is 14.5. The number of rotatable bonds is 14. The van der Waals surface area contributed by atoms with Crippen molar-refractivity contribution in [3.8, 4) is 78.1 Å². The van der Waals surface area contributed by atoms with Crippen LogP contribution < -0.4 is 9.80 Å². The second-order valence-corrected chi connectivity index (χ2v) is 32.9. The van der Waals surface area contributed by atoms with E-state index in [-0.39, 0.29) is 5.41 Å². The number of fused-ring (bicyclic) bond motifs is 10. The Morgan fingerprint density at radius 2 is 0.452 bits per heavy atom. The fraction of sp³-hybridized carbons (Fsp3) is 0.0427. The molecule has 22 aromatic rings. The van der Waals surface area contributed by atoms with E-state index < -0.39 is 11.7 Å². The van der Waals surface area contributed by atoms with Crippen molar-refractivity contribution in [2.45, 2.75) is 32.4 Å². The van der Waals surface area contributed by atoms with E-state index >= 15 is 0 Å². The van der Waals surface area contributed by atoms with Crippen LogP contribution in [0.5, 0.6) is 0 Å². The molecule has 0 unspecified atom stereocenters. The van der Waals surface area contributed by atoms with Crippen LogP contribution in [0.1, 0.15) is 31.9 Å². The second kappa shape index (κ2) is 31.5. The zero-order chi connectivity index (χ0) is 83.6. The smallest absolute Gasteiger partial charge is 0.311 e. The van der Waals surface area contributed by atoms with E-state index in [0.717, 1.165) is 95.6 Å². The predicted molar refractivity (Wildman–Crippen MR) is 517 cm³/mol. The predicted octanol–water partition coefficient (Wildman–Crippen LogP) is 33.4. The lowest BCUT2D eigenvalue weighted by Gasteiger charge is -2.32. The SMILES string of the molecule is CC(C)(C)c1ccccc1N(c1ccc(-c2ccc3c(c2)c2ccccc2n3-c2ccccc2)cc1)c1ccc(-c2c3ccccc3c(-c3ccccc3)c3ccccc23)cc1.FC(F)(F)c1ccc(N(c2ccc(-c3ccc4c(c3)c3ccccc3n4-c3ccccc3)cc2)c2ccc(-c3c4ccccc4c(-c4ccccc4)c4ccccc34)cc2)cc1. The topological polar surface area (TPSA) is 16.3 Å². The van der Waals surface area contributed by atoms with Crippen LogP contribution >= 0.6 is 0 Å². The Balaban J connectivity index is 0.000000152. The third-order valence-corrected chi connectivity index (χ3v) is 24.5. The van der Waals surface area contributed by atoms with E-state index in [1.165, 1.54) is 115 Å². The molecule has 592 valence electrons. The minimum absolute atomic E-state index is 0.0681. The van der Waals surface area contributed by atoms with Crippen LogP contribution in [-0.2, 0) is 11.6 Å². The molecule has 20 aromatic carbocycles. The van der Waals surface area contributed by atoms with Gasteiger partial charge in [-0.05, 0) is 260 Å². The fourth-order valence-corrected chi connectivity index (χ4v) is 18.9. The molecule has 0 saturated heterocycles. The number of anilines is 6. The number of hydrogen-bond acceptors (Lipinski definition) is 2. The van der Waals surface area contributed by atoms with Crippen LogP contribution in [0.15, 0.2) is 449 Å². The van der Waals surface area contributed by atoms with Crippen molar-refractivity contribution in [1.82, 2.24) is 9.13 Å². The summed E-state index contributed by atoms with van der Waals surface area (Å²) in [6.45, 7) is 6.91. The van der Waals surface area contributed by atoms with Gasteiger partial charge in [0.1, 0.15) is 0 Å². The van der Waals surface area contributed by atoms with Crippen molar-refractivity contribution in [2.75, 3.05) is 9.80 Å². The third kappa shape index (κ3) is 13.7. The van der Waals surface area contributed by atoms with Crippen LogP contribution in [0, 0.1) is 0 Å². The van der Waals surface area contributed by atoms with Gasteiger partial charge in [0, 0.05) is 67.0 Å². The Kier molecular flexibility index (Phi) is 19.3. The van der Waals surface area contributed by atoms with Crippen LogP contribution in [0.4, 0.5) is 47.3 Å². The molecule has 2 aromatic heterocycles. The van der Waals surface area contributed by atoms with Gasteiger partial charge in [-0.1, -0.05) is 330 Å². The third-order valence-electron chi connectivity index (χ3n) is 24.5.